The van der Waals surface area contributed by atoms with Crippen molar-refractivity contribution in [3.63, 3.8) is 0 Å². The lowest BCUT2D eigenvalue weighted by atomic mass is 9.92. The summed E-state index contributed by atoms with van der Waals surface area (Å²) in [6.07, 6.45) is 14.8. The highest BCUT2D eigenvalue weighted by Gasteiger charge is 2.25. The van der Waals surface area contributed by atoms with E-state index < -0.39 is 0 Å². The van der Waals surface area contributed by atoms with E-state index in [1.54, 1.807) is 0 Å². The normalized spacial score (nSPS) is 25.5. The average Bonchev–Trinajstić information content (AvgIpc) is 3.50. The Morgan fingerprint density at radius 3 is 2.42 bits per heavy atom. The molecule has 9 heteroatoms. The summed E-state index contributed by atoms with van der Waals surface area (Å²) in [6.45, 7) is 2.87. The monoisotopic (exact) mass is 454 g/mol. The molecule has 0 aromatic carbocycles. The summed E-state index contributed by atoms with van der Waals surface area (Å²) in [5.41, 5.74) is 7.92. The molecule has 9 nitrogen and oxygen atoms in total. The molecule has 3 fully saturated rings. The smallest absolute Gasteiger partial charge is 0.227 e. The molecular formula is C24H38N8O. The van der Waals surface area contributed by atoms with Crippen molar-refractivity contribution in [1.29, 1.82) is 0 Å². The van der Waals surface area contributed by atoms with Crippen LogP contribution in [0.5, 0.6) is 0 Å². The number of aldehydes is 1. The fourth-order valence-electron chi connectivity index (χ4n) is 5.71. The van der Waals surface area contributed by atoms with E-state index in [1.807, 2.05) is 6.33 Å². The van der Waals surface area contributed by atoms with Crippen molar-refractivity contribution in [2.75, 3.05) is 30.3 Å². The summed E-state index contributed by atoms with van der Waals surface area (Å²) in [6, 6.07) is 1.54. The number of carbonyl (C=O) groups excluding carboxylic acids is 1. The predicted molar refractivity (Wildman–Crippen MR) is 130 cm³/mol. The van der Waals surface area contributed by atoms with Crippen LogP contribution in [0.2, 0.25) is 0 Å². The fourth-order valence-corrected chi connectivity index (χ4v) is 5.71. The summed E-state index contributed by atoms with van der Waals surface area (Å²) in [7, 11) is 0. The van der Waals surface area contributed by atoms with Gasteiger partial charge in [-0.05, 0) is 51.4 Å². The van der Waals surface area contributed by atoms with E-state index in [2.05, 4.69) is 20.1 Å². The third kappa shape index (κ3) is 5.30. The van der Waals surface area contributed by atoms with Crippen molar-refractivity contribution in [2.45, 2.75) is 94.8 Å². The van der Waals surface area contributed by atoms with E-state index in [1.165, 1.54) is 25.7 Å². The fraction of sp³-hybridized carbons (Fsp3) is 0.750. The molecule has 2 aliphatic carbocycles. The van der Waals surface area contributed by atoms with E-state index in [-0.39, 0.29) is 0 Å². The van der Waals surface area contributed by atoms with Gasteiger partial charge in [-0.15, -0.1) is 0 Å². The van der Waals surface area contributed by atoms with Crippen LogP contribution in [-0.4, -0.2) is 68.5 Å². The Morgan fingerprint density at radius 2 is 1.70 bits per heavy atom. The number of aromatic nitrogens is 4. The van der Waals surface area contributed by atoms with Gasteiger partial charge in [0.2, 0.25) is 5.95 Å². The SMILES string of the molecule is NC1CCC(Nc2nc(NC3CCN(CCC=O)CC3)c3ncn(C4CCCC4)c3n2)CC1. The highest BCUT2D eigenvalue weighted by Crippen LogP contribution is 2.33. The minimum Gasteiger partial charge on any atom is -0.365 e. The molecule has 33 heavy (non-hydrogen) atoms. The van der Waals surface area contributed by atoms with Gasteiger partial charge in [-0.1, -0.05) is 12.8 Å². The molecule has 1 aliphatic heterocycles. The molecule has 5 rings (SSSR count). The molecule has 4 N–H and O–H groups in total. The molecule has 3 aliphatic rings. The van der Waals surface area contributed by atoms with Crippen molar-refractivity contribution in [2.24, 2.45) is 5.73 Å². The molecule has 0 spiro atoms. The predicted octanol–water partition coefficient (Wildman–Crippen LogP) is 3.09. The lowest BCUT2D eigenvalue weighted by molar-refractivity contribution is -0.108. The highest BCUT2D eigenvalue weighted by molar-refractivity contribution is 5.84. The number of nitrogens with zero attached hydrogens (tertiary/aromatic N) is 5. The molecule has 2 aromatic rings. The second-order valence-electron chi connectivity index (χ2n) is 10.1. The quantitative estimate of drug-likeness (QED) is 0.522. The van der Waals surface area contributed by atoms with Gasteiger partial charge in [0, 0.05) is 50.2 Å². The van der Waals surface area contributed by atoms with Crippen molar-refractivity contribution in [3.8, 4) is 0 Å². The molecule has 0 amide bonds. The lowest BCUT2D eigenvalue weighted by Gasteiger charge is -2.32. The number of fused-ring (bicyclic) bond motifs is 1. The number of nitrogens with one attached hydrogen (secondary N) is 2. The number of hydrogen-bond donors (Lipinski definition) is 3. The first-order chi connectivity index (χ1) is 16.2. The number of imidazole rings is 1. The largest absolute Gasteiger partial charge is 0.365 e. The third-order valence-corrected chi connectivity index (χ3v) is 7.74. The number of anilines is 2. The Kier molecular flexibility index (Phi) is 7.06. The highest BCUT2D eigenvalue weighted by atomic mass is 16.1. The van der Waals surface area contributed by atoms with Crippen LogP contribution in [0.4, 0.5) is 11.8 Å². The van der Waals surface area contributed by atoms with Crippen LogP contribution >= 0.6 is 0 Å². The van der Waals surface area contributed by atoms with Gasteiger partial charge >= 0.3 is 0 Å². The van der Waals surface area contributed by atoms with Crippen LogP contribution < -0.4 is 16.4 Å². The van der Waals surface area contributed by atoms with Gasteiger partial charge in [0.15, 0.2) is 17.0 Å². The molecular weight excluding hydrogens is 416 g/mol. The number of rotatable bonds is 8. The maximum atomic E-state index is 10.7. The minimum atomic E-state index is 0.324. The van der Waals surface area contributed by atoms with Crippen LogP contribution in [0.1, 0.15) is 76.7 Å². The molecule has 0 bridgehead atoms. The Labute approximate surface area is 195 Å². The zero-order valence-corrected chi connectivity index (χ0v) is 19.6. The van der Waals surface area contributed by atoms with Crippen LogP contribution in [0.25, 0.3) is 11.2 Å². The molecule has 0 radical (unpaired) electrons. The van der Waals surface area contributed by atoms with Gasteiger partial charge in [-0.3, -0.25) is 0 Å². The van der Waals surface area contributed by atoms with Crippen LogP contribution in [0.15, 0.2) is 6.33 Å². The van der Waals surface area contributed by atoms with Crippen molar-refractivity contribution in [1.82, 2.24) is 24.4 Å². The van der Waals surface area contributed by atoms with E-state index >= 15 is 0 Å². The number of piperidine rings is 1. The number of carbonyl (C=O) groups is 1. The second-order valence-corrected chi connectivity index (χ2v) is 10.1. The first kappa shape index (κ1) is 22.5. The third-order valence-electron chi connectivity index (χ3n) is 7.74. The molecule has 1 saturated heterocycles. The molecule has 2 aromatic heterocycles. The molecule has 0 atom stereocenters. The molecule has 2 saturated carbocycles. The Morgan fingerprint density at radius 1 is 0.970 bits per heavy atom. The van der Waals surface area contributed by atoms with Crippen LogP contribution in [0, 0.1) is 0 Å². The van der Waals surface area contributed by atoms with Crippen LogP contribution in [0.3, 0.4) is 0 Å². The summed E-state index contributed by atoms with van der Waals surface area (Å²) < 4.78 is 2.28. The Balaban J connectivity index is 1.36. The van der Waals surface area contributed by atoms with Gasteiger partial charge in [0.05, 0.1) is 6.33 Å². The van der Waals surface area contributed by atoms with Crippen LogP contribution in [-0.2, 0) is 4.79 Å². The summed E-state index contributed by atoms with van der Waals surface area (Å²) >= 11 is 0. The van der Waals surface area contributed by atoms with E-state index in [0.717, 1.165) is 81.4 Å². The Hall–Kier alpha value is -2.26. The van der Waals surface area contributed by atoms with Crippen molar-refractivity contribution < 1.29 is 4.79 Å². The van der Waals surface area contributed by atoms with E-state index in [4.69, 9.17) is 20.7 Å². The standard InChI is InChI=1S/C24H38N8O/c25-17-6-8-18(9-7-17)28-24-29-22(27-19-10-13-31(14-11-19)12-3-15-33)21-23(30-24)32(16-26-21)20-4-1-2-5-20/h15-20H,1-14,25H2,(H2,27,28,29,30). The number of hydrogen-bond acceptors (Lipinski definition) is 8. The van der Waals surface area contributed by atoms with E-state index in [9.17, 15) is 4.79 Å². The van der Waals surface area contributed by atoms with Gasteiger partial charge in [-0.2, -0.15) is 9.97 Å². The van der Waals surface area contributed by atoms with Gasteiger partial charge < -0.3 is 30.6 Å². The maximum Gasteiger partial charge on any atom is 0.227 e. The lowest BCUT2D eigenvalue weighted by Crippen LogP contribution is -2.39. The first-order valence-corrected chi connectivity index (χ1v) is 12.9. The topological polar surface area (TPSA) is 114 Å². The number of nitrogens with two attached hydrogens (primary N) is 1. The van der Waals surface area contributed by atoms with Crippen molar-refractivity contribution >= 4 is 29.2 Å². The van der Waals surface area contributed by atoms with Crippen molar-refractivity contribution in [3.05, 3.63) is 6.33 Å². The zero-order chi connectivity index (χ0) is 22.6. The zero-order valence-electron chi connectivity index (χ0n) is 19.6. The summed E-state index contributed by atoms with van der Waals surface area (Å²) in [5.74, 6) is 1.55. The summed E-state index contributed by atoms with van der Waals surface area (Å²) in [5, 5.41) is 7.31. The van der Waals surface area contributed by atoms with Gasteiger partial charge in [0.25, 0.3) is 0 Å². The summed E-state index contributed by atoms with van der Waals surface area (Å²) in [4.78, 5) is 27.7. The van der Waals surface area contributed by atoms with Gasteiger partial charge in [-0.25, -0.2) is 4.98 Å². The molecule has 180 valence electrons. The maximum absolute atomic E-state index is 10.7. The second kappa shape index (κ2) is 10.3. The first-order valence-electron chi connectivity index (χ1n) is 12.9. The molecule has 3 heterocycles. The minimum absolute atomic E-state index is 0.324. The van der Waals surface area contributed by atoms with Gasteiger partial charge in [0.1, 0.15) is 6.29 Å². The molecule has 0 unspecified atom stereocenters. The number of likely N-dealkylation sites (tertiary alicyclic amines) is 1. The van der Waals surface area contributed by atoms with E-state index in [0.29, 0.717) is 36.5 Å². The average molecular weight is 455 g/mol. The Bertz CT molecular complexity index is 924.